The summed E-state index contributed by atoms with van der Waals surface area (Å²) < 4.78 is 0. The minimum atomic E-state index is 0. The molecule has 1 atom stereocenters. The predicted octanol–water partition coefficient (Wildman–Crippen LogP) is 3.78. The minimum absolute atomic E-state index is 0. The molecule has 1 aliphatic carbocycles. The summed E-state index contributed by atoms with van der Waals surface area (Å²) in [6, 6.07) is 0.487. The number of rotatable bonds is 6. The summed E-state index contributed by atoms with van der Waals surface area (Å²) in [6.45, 7) is 13.2. The van der Waals surface area contributed by atoms with E-state index in [0.29, 0.717) is 11.5 Å². The zero-order chi connectivity index (χ0) is 13.6. The minimum Gasteiger partial charge on any atom is -0.357 e. The molecule has 1 fully saturated rings. The first kappa shape index (κ1) is 19.0. The van der Waals surface area contributed by atoms with Crippen LogP contribution in [0, 0.1) is 11.3 Å². The van der Waals surface area contributed by atoms with Gasteiger partial charge in [-0.15, -0.1) is 24.0 Å². The maximum absolute atomic E-state index is 4.65. The van der Waals surface area contributed by atoms with Crippen molar-refractivity contribution in [2.24, 2.45) is 16.3 Å². The highest BCUT2D eigenvalue weighted by atomic mass is 127. The van der Waals surface area contributed by atoms with Crippen molar-refractivity contribution in [1.29, 1.82) is 0 Å². The van der Waals surface area contributed by atoms with E-state index in [0.717, 1.165) is 25.0 Å². The Balaban J connectivity index is 0.00000324. The van der Waals surface area contributed by atoms with Crippen LogP contribution in [0.25, 0.3) is 0 Å². The number of nitrogens with zero attached hydrogens (tertiary/aromatic N) is 1. The summed E-state index contributed by atoms with van der Waals surface area (Å²) in [7, 11) is 0. The van der Waals surface area contributed by atoms with Gasteiger partial charge >= 0.3 is 0 Å². The van der Waals surface area contributed by atoms with Crippen molar-refractivity contribution in [2.75, 3.05) is 13.1 Å². The summed E-state index contributed by atoms with van der Waals surface area (Å²) in [5.74, 6) is 1.84. The van der Waals surface area contributed by atoms with E-state index in [2.05, 4.69) is 50.2 Å². The third kappa shape index (κ3) is 10.4. The zero-order valence-electron chi connectivity index (χ0n) is 13.3. The van der Waals surface area contributed by atoms with Crippen molar-refractivity contribution >= 4 is 29.9 Å². The Hall–Kier alpha value is 0. The first-order valence-electron chi connectivity index (χ1n) is 7.45. The van der Waals surface area contributed by atoms with Gasteiger partial charge in [0.15, 0.2) is 5.96 Å². The summed E-state index contributed by atoms with van der Waals surface area (Å²) in [4.78, 5) is 4.65. The lowest BCUT2D eigenvalue weighted by atomic mass is 9.89. The van der Waals surface area contributed by atoms with E-state index in [1.807, 2.05) is 0 Å². The van der Waals surface area contributed by atoms with Gasteiger partial charge in [-0.25, -0.2) is 0 Å². The monoisotopic (exact) mass is 381 g/mol. The Bertz CT molecular complexity index is 267. The first-order chi connectivity index (χ1) is 8.40. The Morgan fingerprint density at radius 1 is 1.32 bits per heavy atom. The van der Waals surface area contributed by atoms with Crippen molar-refractivity contribution in [3.63, 3.8) is 0 Å². The fraction of sp³-hybridized carbons (Fsp3) is 0.933. The lowest BCUT2D eigenvalue weighted by Crippen LogP contribution is -2.42. The molecule has 0 aliphatic heterocycles. The molecular formula is C15H32IN3. The van der Waals surface area contributed by atoms with Crippen LogP contribution in [0.3, 0.4) is 0 Å². The van der Waals surface area contributed by atoms with E-state index in [1.54, 1.807) is 0 Å². The number of aliphatic imine (C=N–C) groups is 1. The Kier molecular flexibility index (Phi) is 9.03. The maximum Gasteiger partial charge on any atom is 0.191 e. The van der Waals surface area contributed by atoms with E-state index < -0.39 is 0 Å². The molecule has 0 aromatic carbocycles. The molecule has 2 N–H and O–H groups in total. The maximum atomic E-state index is 4.65. The molecule has 0 aromatic heterocycles. The van der Waals surface area contributed by atoms with Crippen LogP contribution in [0.4, 0.5) is 0 Å². The van der Waals surface area contributed by atoms with Crippen molar-refractivity contribution in [2.45, 2.75) is 66.3 Å². The van der Waals surface area contributed by atoms with Gasteiger partial charge in [-0.3, -0.25) is 4.99 Å². The van der Waals surface area contributed by atoms with E-state index in [-0.39, 0.29) is 24.0 Å². The van der Waals surface area contributed by atoms with Gasteiger partial charge in [0.1, 0.15) is 0 Å². The van der Waals surface area contributed by atoms with Crippen LogP contribution in [0.15, 0.2) is 4.99 Å². The molecule has 1 rings (SSSR count). The van der Waals surface area contributed by atoms with Gasteiger partial charge in [0, 0.05) is 19.1 Å². The molecule has 0 bridgehead atoms. The second-order valence-electron chi connectivity index (χ2n) is 6.81. The van der Waals surface area contributed by atoms with Crippen molar-refractivity contribution in [3.8, 4) is 0 Å². The number of hydrogen-bond donors (Lipinski definition) is 2. The van der Waals surface area contributed by atoms with Gasteiger partial charge in [-0.2, -0.15) is 0 Å². The Labute approximate surface area is 136 Å². The van der Waals surface area contributed by atoms with Crippen molar-refractivity contribution in [1.82, 2.24) is 10.6 Å². The van der Waals surface area contributed by atoms with Crippen LogP contribution in [0.5, 0.6) is 0 Å². The molecule has 4 heteroatoms. The van der Waals surface area contributed by atoms with Crippen molar-refractivity contribution < 1.29 is 0 Å². The van der Waals surface area contributed by atoms with Crippen LogP contribution >= 0.6 is 24.0 Å². The molecule has 114 valence electrons. The van der Waals surface area contributed by atoms with Gasteiger partial charge in [0.2, 0.25) is 0 Å². The SMILES string of the molecule is CCNC(=NCC1CC1)NC(C)CCC(C)(C)C.I. The highest BCUT2D eigenvalue weighted by Gasteiger charge is 2.21. The van der Waals surface area contributed by atoms with Crippen molar-refractivity contribution in [3.05, 3.63) is 0 Å². The van der Waals surface area contributed by atoms with E-state index in [1.165, 1.54) is 25.7 Å². The first-order valence-corrected chi connectivity index (χ1v) is 7.45. The Morgan fingerprint density at radius 3 is 2.42 bits per heavy atom. The highest BCUT2D eigenvalue weighted by Crippen LogP contribution is 2.28. The number of hydrogen-bond acceptors (Lipinski definition) is 1. The summed E-state index contributed by atoms with van der Waals surface area (Å²) in [6.07, 6.45) is 5.16. The van der Waals surface area contributed by atoms with E-state index >= 15 is 0 Å². The largest absolute Gasteiger partial charge is 0.357 e. The van der Waals surface area contributed by atoms with Crippen LogP contribution in [0.2, 0.25) is 0 Å². The number of guanidine groups is 1. The molecule has 3 nitrogen and oxygen atoms in total. The molecular weight excluding hydrogens is 349 g/mol. The van der Waals surface area contributed by atoms with Crippen LogP contribution < -0.4 is 10.6 Å². The van der Waals surface area contributed by atoms with E-state index in [9.17, 15) is 0 Å². The molecule has 0 radical (unpaired) electrons. The lowest BCUT2D eigenvalue weighted by Gasteiger charge is -2.23. The molecule has 0 heterocycles. The van der Waals surface area contributed by atoms with Gasteiger partial charge < -0.3 is 10.6 Å². The van der Waals surface area contributed by atoms with Crippen LogP contribution in [-0.2, 0) is 0 Å². The average Bonchev–Trinajstić information content (AvgIpc) is 3.06. The third-order valence-corrected chi connectivity index (χ3v) is 3.26. The van der Waals surface area contributed by atoms with Gasteiger partial charge in [0.05, 0.1) is 0 Å². The molecule has 0 spiro atoms. The molecule has 0 saturated heterocycles. The standard InChI is InChI=1S/C15H31N3.HI/c1-6-16-14(17-11-13-7-8-13)18-12(2)9-10-15(3,4)5;/h12-13H,6-11H2,1-5H3,(H2,16,17,18);1H. The van der Waals surface area contributed by atoms with Crippen LogP contribution in [0.1, 0.15) is 60.3 Å². The summed E-state index contributed by atoms with van der Waals surface area (Å²) >= 11 is 0. The molecule has 1 unspecified atom stereocenters. The smallest absolute Gasteiger partial charge is 0.191 e. The zero-order valence-corrected chi connectivity index (χ0v) is 15.6. The second kappa shape index (κ2) is 9.03. The quantitative estimate of drug-likeness (QED) is 0.417. The molecule has 1 saturated carbocycles. The predicted molar refractivity (Wildman–Crippen MR) is 95.4 cm³/mol. The highest BCUT2D eigenvalue weighted by molar-refractivity contribution is 14.0. The molecule has 0 amide bonds. The van der Waals surface area contributed by atoms with Crippen LogP contribution in [-0.4, -0.2) is 25.1 Å². The molecule has 0 aromatic rings. The van der Waals surface area contributed by atoms with Gasteiger partial charge in [-0.05, 0) is 50.9 Å². The lowest BCUT2D eigenvalue weighted by molar-refractivity contribution is 0.346. The van der Waals surface area contributed by atoms with E-state index in [4.69, 9.17) is 0 Å². The number of halogens is 1. The molecule has 1 aliphatic rings. The Morgan fingerprint density at radius 2 is 1.95 bits per heavy atom. The average molecular weight is 381 g/mol. The van der Waals surface area contributed by atoms with Gasteiger partial charge in [0.25, 0.3) is 0 Å². The van der Waals surface area contributed by atoms with Gasteiger partial charge in [-0.1, -0.05) is 20.8 Å². The summed E-state index contributed by atoms with van der Waals surface area (Å²) in [5.41, 5.74) is 0.416. The molecule has 19 heavy (non-hydrogen) atoms. The number of nitrogens with one attached hydrogen (secondary N) is 2. The summed E-state index contributed by atoms with van der Waals surface area (Å²) in [5, 5.41) is 6.85. The third-order valence-electron chi connectivity index (χ3n) is 3.26. The fourth-order valence-corrected chi connectivity index (χ4v) is 1.80. The fourth-order valence-electron chi connectivity index (χ4n) is 1.80. The second-order valence-corrected chi connectivity index (χ2v) is 6.81. The topological polar surface area (TPSA) is 36.4 Å². The normalized spacial score (nSPS) is 17.6.